The lowest BCUT2D eigenvalue weighted by atomic mass is 10.3. The van der Waals surface area contributed by atoms with E-state index in [1.54, 1.807) is 25.1 Å². The summed E-state index contributed by atoms with van der Waals surface area (Å²) in [5, 5.41) is 1.01. The molecule has 0 spiro atoms. The highest BCUT2D eigenvalue weighted by Gasteiger charge is 2.10. The van der Waals surface area contributed by atoms with E-state index in [0.717, 1.165) is 0 Å². The summed E-state index contributed by atoms with van der Waals surface area (Å²) in [5.41, 5.74) is 4.48. The first kappa shape index (κ1) is 19.6. The molecule has 0 saturated carbocycles. The average Bonchev–Trinajstić information content (AvgIpc) is 2.52. The van der Waals surface area contributed by atoms with E-state index in [2.05, 4.69) is 10.9 Å². The van der Waals surface area contributed by atoms with Crippen LogP contribution in [0.3, 0.4) is 0 Å². The summed E-state index contributed by atoms with van der Waals surface area (Å²) in [6, 6.07) is 4.94. The Hall–Kier alpha value is -1.44. The van der Waals surface area contributed by atoms with Gasteiger partial charge in [0.25, 0.3) is 0 Å². The molecule has 0 aromatic heterocycles. The summed E-state index contributed by atoms with van der Waals surface area (Å²) in [5.74, 6) is -1.29. The predicted molar refractivity (Wildman–Crippen MR) is 89.3 cm³/mol. The third kappa shape index (κ3) is 8.11. The van der Waals surface area contributed by atoms with Crippen LogP contribution >= 0.6 is 35.0 Å². The normalized spacial score (nSPS) is 10.0. The van der Waals surface area contributed by atoms with Crippen molar-refractivity contribution in [3.63, 3.8) is 0 Å². The van der Waals surface area contributed by atoms with Gasteiger partial charge in [0, 0.05) is 16.3 Å². The van der Waals surface area contributed by atoms with Crippen molar-refractivity contribution in [3.05, 3.63) is 28.2 Å². The molecule has 2 N–H and O–H groups in total. The van der Waals surface area contributed by atoms with Crippen LogP contribution < -0.4 is 10.9 Å². The van der Waals surface area contributed by atoms with Gasteiger partial charge in [0.2, 0.25) is 11.8 Å². The van der Waals surface area contributed by atoms with E-state index >= 15 is 0 Å². The molecule has 1 aromatic carbocycles. The summed E-state index contributed by atoms with van der Waals surface area (Å²) in [6.07, 6.45) is -0.102. The van der Waals surface area contributed by atoms with Crippen LogP contribution in [0.1, 0.15) is 19.8 Å². The van der Waals surface area contributed by atoms with Crippen molar-refractivity contribution in [1.29, 1.82) is 0 Å². The van der Waals surface area contributed by atoms with Crippen LogP contribution in [0, 0.1) is 0 Å². The predicted octanol–water partition coefficient (Wildman–Crippen LogP) is 2.58. The van der Waals surface area contributed by atoms with E-state index in [-0.39, 0.29) is 25.2 Å². The van der Waals surface area contributed by atoms with Gasteiger partial charge >= 0.3 is 5.97 Å². The molecule has 1 aromatic rings. The number of carbonyl (C=O) groups excluding carboxylic acids is 3. The van der Waals surface area contributed by atoms with Gasteiger partial charge in [0.1, 0.15) is 0 Å². The van der Waals surface area contributed by atoms with Crippen LogP contribution in [0.25, 0.3) is 0 Å². The Morgan fingerprint density at radius 3 is 2.52 bits per heavy atom. The lowest BCUT2D eigenvalue weighted by Gasteiger charge is -2.08. The second kappa shape index (κ2) is 10.4. The number of amides is 2. The molecular formula is C14H16Cl2N2O4S. The molecule has 0 unspecified atom stereocenters. The molecule has 23 heavy (non-hydrogen) atoms. The zero-order chi connectivity index (χ0) is 17.2. The van der Waals surface area contributed by atoms with Gasteiger partial charge in [-0.2, -0.15) is 0 Å². The Morgan fingerprint density at radius 2 is 1.83 bits per heavy atom. The van der Waals surface area contributed by atoms with Gasteiger partial charge in [-0.1, -0.05) is 23.2 Å². The smallest absolute Gasteiger partial charge is 0.306 e. The first-order chi connectivity index (χ1) is 10.9. The van der Waals surface area contributed by atoms with E-state index in [1.165, 1.54) is 11.8 Å². The van der Waals surface area contributed by atoms with Gasteiger partial charge < -0.3 is 4.74 Å². The van der Waals surface area contributed by atoms with Gasteiger partial charge in [0.15, 0.2) is 0 Å². The number of halogens is 2. The lowest BCUT2D eigenvalue weighted by Crippen LogP contribution is -2.42. The summed E-state index contributed by atoms with van der Waals surface area (Å²) in [7, 11) is 0. The number of rotatable bonds is 7. The van der Waals surface area contributed by atoms with Crippen molar-refractivity contribution in [1.82, 2.24) is 10.9 Å². The molecule has 0 aliphatic carbocycles. The number of ether oxygens (including phenoxy) is 1. The Kier molecular flexibility index (Phi) is 8.83. The first-order valence-electron chi connectivity index (χ1n) is 6.73. The molecule has 2 amide bonds. The fraction of sp³-hybridized carbons (Fsp3) is 0.357. The number of nitrogens with one attached hydrogen (secondary N) is 2. The van der Waals surface area contributed by atoms with Gasteiger partial charge in [-0.15, -0.1) is 11.8 Å². The number of esters is 1. The maximum Gasteiger partial charge on any atom is 0.306 e. The monoisotopic (exact) mass is 378 g/mol. The van der Waals surface area contributed by atoms with Gasteiger partial charge in [-0.05, 0) is 25.1 Å². The van der Waals surface area contributed by atoms with Crippen LogP contribution in [0.5, 0.6) is 0 Å². The Labute approximate surface area is 148 Å². The molecule has 0 saturated heterocycles. The molecule has 126 valence electrons. The standard InChI is InChI=1S/C14H16Cl2N2O4S/c1-2-22-14(21)6-5-12(19)17-18-13(20)8-23-11-7-9(15)3-4-10(11)16/h3-4,7H,2,5-6,8H2,1H3,(H,17,19)(H,18,20). The number of carbonyl (C=O) groups is 3. The summed E-state index contributed by atoms with van der Waals surface area (Å²) in [4.78, 5) is 34.9. The highest BCUT2D eigenvalue weighted by Crippen LogP contribution is 2.29. The second-order valence-electron chi connectivity index (χ2n) is 4.26. The van der Waals surface area contributed by atoms with Crippen LogP contribution in [-0.4, -0.2) is 30.1 Å². The molecule has 0 aliphatic rings. The number of hydrazine groups is 1. The minimum Gasteiger partial charge on any atom is -0.466 e. The molecular weight excluding hydrogens is 363 g/mol. The molecule has 0 bridgehead atoms. The molecule has 0 fully saturated rings. The minimum absolute atomic E-state index is 0.0393. The van der Waals surface area contributed by atoms with Crippen molar-refractivity contribution in [2.45, 2.75) is 24.7 Å². The highest BCUT2D eigenvalue weighted by atomic mass is 35.5. The highest BCUT2D eigenvalue weighted by molar-refractivity contribution is 8.00. The van der Waals surface area contributed by atoms with Crippen LogP contribution in [0.15, 0.2) is 23.1 Å². The van der Waals surface area contributed by atoms with Crippen molar-refractivity contribution in [2.24, 2.45) is 0 Å². The molecule has 1 rings (SSSR count). The third-order valence-electron chi connectivity index (χ3n) is 2.45. The molecule has 6 nitrogen and oxygen atoms in total. The van der Waals surface area contributed by atoms with Crippen molar-refractivity contribution in [3.8, 4) is 0 Å². The van der Waals surface area contributed by atoms with E-state index in [0.29, 0.717) is 14.9 Å². The zero-order valence-corrected chi connectivity index (χ0v) is 14.7. The largest absolute Gasteiger partial charge is 0.466 e. The second-order valence-corrected chi connectivity index (χ2v) is 6.13. The van der Waals surface area contributed by atoms with Crippen LogP contribution in [-0.2, 0) is 19.1 Å². The maximum absolute atomic E-state index is 11.6. The Morgan fingerprint density at radius 1 is 1.13 bits per heavy atom. The van der Waals surface area contributed by atoms with Crippen LogP contribution in [0.2, 0.25) is 10.0 Å². The summed E-state index contributed by atoms with van der Waals surface area (Å²) in [6.45, 7) is 1.95. The summed E-state index contributed by atoms with van der Waals surface area (Å²) < 4.78 is 4.69. The topological polar surface area (TPSA) is 84.5 Å². The zero-order valence-electron chi connectivity index (χ0n) is 12.4. The number of hydrogen-bond donors (Lipinski definition) is 2. The van der Waals surface area contributed by atoms with Gasteiger partial charge in [-0.25, -0.2) is 0 Å². The average molecular weight is 379 g/mol. The Balaban J connectivity index is 2.27. The third-order valence-corrected chi connectivity index (χ3v) is 4.19. The molecule has 0 atom stereocenters. The number of thioether (sulfide) groups is 1. The fourth-order valence-corrected chi connectivity index (χ4v) is 2.71. The number of benzene rings is 1. The number of hydrogen-bond acceptors (Lipinski definition) is 5. The maximum atomic E-state index is 11.6. The van der Waals surface area contributed by atoms with Gasteiger partial charge in [-0.3, -0.25) is 25.2 Å². The molecule has 0 radical (unpaired) electrons. The van der Waals surface area contributed by atoms with Crippen molar-refractivity contribution in [2.75, 3.05) is 12.4 Å². The van der Waals surface area contributed by atoms with E-state index < -0.39 is 17.8 Å². The van der Waals surface area contributed by atoms with Crippen LogP contribution in [0.4, 0.5) is 0 Å². The van der Waals surface area contributed by atoms with E-state index in [9.17, 15) is 14.4 Å². The quantitative estimate of drug-likeness (QED) is 0.432. The van der Waals surface area contributed by atoms with E-state index in [1.807, 2.05) is 0 Å². The van der Waals surface area contributed by atoms with Crippen molar-refractivity contribution < 1.29 is 19.1 Å². The SMILES string of the molecule is CCOC(=O)CCC(=O)NNC(=O)CSc1cc(Cl)ccc1Cl. The minimum atomic E-state index is -0.475. The molecule has 0 heterocycles. The fourth-order valence-electron chi connectivity index (χ4n) is 1.42. The summed E-state index contributed by atoms with van der Waals surface area (Å²) >= 11 is 13.0. The van der Waals surface area contributed by atoms with Gasteiger partial charge in [0.05, 0.1) is 23.8 Å². The Bertz CT molecular complexity index is 584. The van der Waals surface area contributed by atoms with E-state index in [4.69, 9.17) is 27.9 Å². The molecule has 9 heteroatoms. The van der Waals surface area contributed by atoms with Crippen molar-refractivity contribution >= 4 is 52.7 Å². The lowest BCUT2D eigenvalue weighted by molar-refractivity contribution is -0.144. The first-order valence-corrected chi connectivity index (χ1v) is 8.47. The molecule has 0 aliphatic heterocycles.